The number of ether oxygens (including phenoxy) is 1. The Bertz CT molecular complexity index is 421. The first-order valence-corrected chi connectivity index (χ1v) is 8.30. The van der Waals surface area contributed by atoms with E-state index in [2.05, 4.69) is 49.3 Å². The first-order valence-electron chi connectivity index (χ1n) is 8.30. The summed E-state index contributed by atoms with van der Waals surface area (Å²) in [5.74, 6) is 2.84. The van der Waals surface area contributed by atoms with E-state index in [1.54, 1.807) is 0 Å². The summed E-state index contributed by atoms with van der Waals surface area (Å²) >= 11 is 0. The lowest BCUT2D eigenvalue weighted by Crippen LogP contribution is -2.26. The van der Waals surface area contributed by atoms with E-state index >= 15 is 0 Å². The smallest absolute Gasteiger partial charge is 0.119 e. The summed E-state index contributed by atoms with van der Waals surface area (Å²) in [6, 6.07) is 8.42. The van der Waals surface area contributed by atoms with Crippen molar-refractivity contribution >= 4 is 0 Å². The number of likely N-dealkylation sites (N-methyl/N-ethyl adjacent to an activating group) is 1. The van der Waals surface area contributed by atoms with Gasteiger partial charge in [-0.25, -0.2) is 0 Å². The second kappa shape index (κ2) is 8.40. The Morgan fingerprint density at radius 2 is 2.19 bits per heavy atom. The average molecular weight is 290 g/mol. The van der Waals surface area contributed by atoms with Crippen molar-refractivity contribution in [3.05, 3.63) is 29.8 Å². The molecule has 1 aromatic carbocycles. The lowest BCUT2D eigenvalue weighted by Gasteiger charge is -2.17. The van der Waals surface area contributed by atoms with Gasteiger partial charge in [0.05, 0.1) is 0 Å². The van der Waals surface area contributed by atoms with Crippen molar-refractivity contribution in [3.63, 3.8) is 0 Å². The van der Waals surface area contributed by atoms with Gasteiger partial charge in [0, 0.05) is 19.6 Å². The van der Waals surface area contributed by atoms with Crippen molar-refractivity contribution in [1.29, 1.82) is 0 Å². The molecule has 0 bridgehead atoms. The zero-order valence-corrected chi connectivity index (χ0v) is 13.8. The van der Waals surface area contributed by atoms with Crippen molar-refractivity contribution in [2.24, 2.45) is 11.8 Å². The first kappa shape index (κ1) is 16.3. The molecule has 1 aromatic rings. The number of benzene rings is 1. The second-order valence-electron chi connectivity index (χ2n) is 6.41. The van der Waals surface area contributed by atoms with Crippen molar-refractivity contribution in [2.75, 3.05) is 33.3 Å². The molecule has 2 rings (SSSR count). The van der Waals surface area contributed by atoms with Gasteiger partial charge in [-0.2, -0.15) is 0 Å². The van der Waals surface area contributed by atoms with E-state index in [1.165, 1.54) is 24.9 Å². The Labute approximate surface area is 129 Å². The van der Waals surface area contributed by atoms with Gasteiger partial charge in [0.1, 0.15) is 12.4 Å². The molecule has 2 unspecified atom stereocenters. The lowest BCUT2D eigenvalue weighted by molar-refractivity contribution is 0.230. The van der Waals surface area contributed by atoms with E-state index in [9.17, 15) is 0 Å². The molecular weight excluding hydrogens is 260 g/mol. The fraction of sp³-hybridized carbons (Fsp3) is 0.667. The topological polar surface area (TPSA) is 24.5 Å². The Morgan fingerprint density at radius 3 is 2.90 bits per heavy atom. The Hall–Kier alpha value is -1.06. The van der Waals surface area contributed by atoms with Crippen LogP contribution in [-0.4, -0.2) is 38.2 Å². The molecule has 0 saturated heterocycles. The van der Waals surface area contributed by atoms with Gasteiger partial charge in [-0.1, -0.05) is 26.0 Å². The molecule has 1 saturated carbocycles. The largest absolute Gasteiger partial charge is 0.492 e. The highest BCUT2D eigenvalue weighted by atomic mass is 16.5. The lowest BCUT2D eigenvalue weighted by atomic mass is 10.2. The Balaban J connectivity index is 1.66. The number of hydrogen-bond acceptors (Lipinski definition) is 3. The van der Waals surface area contributed by atoms with Crippen molar-refractivity contribution in [3.8, 4) is 5.75 Å². The molecule has 0 radical (unpaired) electrons. The molecular formula is C18H30N2O. The maximum absolute atomic E-state index is 5.88. The summed E-state index contributed by atoms with van der Waals surface area (Å²) in [6.45, 7) is 9.50. The maximum atomic E-state index is 5.88. The van der Waals surface area contributed by atoms with Gasteiger partial charge >= 0.3 is 0 Å². The summed E-state index contributed by atoms with van der Waals surface area (Å²) < 4.78 is 5.88. The molecule has 0 heterocycles. The van der Waals surface area contributed by atoms with Gasteiger partial charge < -0.3 is 15.0 Å². The van der Waals surface area contributed by atoms with Crippen LogP contribution in [-0.2, 0) is 6.54 Å². The molecule has 3 nitrogen and oxygen atoms in total. The van der Waals surface area contributed by atoms with Crippen LogP contribution in [0.2, 0.25) is 0 Å². The minimum Gasteiger partial charge on any atom is -0.492 e. The van der Waals surface area contributed by atoms with Gasteiger partial charge in [0.25, 0.3) is 0 Å². The van der Waals surface area contributed by atoms with E-state index in [4.69, 9.17) is 4.74 Å². The van der Waals surface area contributed by atoms with Crippen LogP contribution in [0.25, 0.3) is 0 Å². The highest BCUT2D eigenvalue weighted by Gasteiger charge is 2.32. The number of nitrogens with one attached hydrogen (secondary N) is 1. The summed E-state index contributed by atoms with van der Waals surface area (Å²) in [5.41, 5.74) is 1.29. The third-order valence-corrected chi connectivity index (χ3v) is 4.22. The number of nitrogens with zero attached hydrogens (tertiary/aromatic N) is 1. The molecule has 2 atom stereocenters. The molecule has 1 aliphatic rings. The minimum absolute atomic E-state index is 0.767. The monoisotopic (exact) mass is 290 g/mol. The third kappa shape index (κ3) is 6.06. The average Bonchev–Trinajstić information content (AvgIpc) is 3.15. The zero-order valence-electron chi connectivity index (χ0n) is 13.8. The summed E-state index contributed by atoms with van der Waals surface area (Å²) in [7, 11) is 2.19. The Kier molecular flexibility index (Phi) is 6.52. The van der Waals surface area contributed by atoms with E-state index in [0.717, 1.165) is 43.8 Å². The molecule has 21 heavy (non-hydrogen) atoms. The first-order chi connectivity index (χ1) is 10.2. The van der Waals surface area contributed by atoms with Crippen LogP contribution in [0.3, 0.4) is 0 Å². The van der Waals surface area contributed by atoms with Crippen molar-refractivity contribution in [2.45, 2.75) is 33.2 Å². The number of hydrogen-bond donors (Lipinski definition) is 1. The molecule has 1 aliphatic carbocycles. The van der Waals surface area contributed by atoms with Gasteiger partial charge in [0.15, 0.2) is 0 Å². The van der Waals surface area contributed by atoms with Crippen molar-refractivity contribution < 1.29 is 4.74 Å². The molecule has 3 heteroatoms. The SMILES string of the molecule is CCCNCc1cccc(OCCN(C)CC2CC2C)c1. The van der Waals surface area contributed by atoms with E-state index < -0.39 is 0 Å². The molecule has 118 valence electrons. The van der Waals surface area contributed by atoms with Crippen LogP contribution in [0.1, 0.15) is 32.3 Å². The van der Waals surface area contributed by atoms with Crippen molar-refractivity contribution in [1.82, 2.24) is 10.2 Å². The zero-order chi connectivity index (χ0) is 15.1. The predicted octanol–water partition coefficient (Wildman–Crippen LogP) is 3.15. The second-order valence-corrected chi connectivity index (χ2v) is 6.41. The normalized spacial score (nSPS) is 20.8. The van der Waals surface area contributed by atoms with E-state index in [-0.39, 0.29) is 0 Å². The van der Waals surface area contributed by atoms with Crippen LogP contribution >= 0.6 is 0 Å². The minimum atomic E-state index is 0.767. The summed E-state index contributed by atoms with van der Waals surface area (Å²) in [5, 5.41) is 3.42. The van der Waals surface area contributed by atoms with Crippen LogP contribution < -0.4 is 10.1 Å². The quantitative estimate of drug-likeness (QED) is 0.670. The molecule has 1 N–H and O–H groups in total. The van der Waals surface area contributed by atoms with E-state index in [1.807, 2.05) is 6.07 Å². The van der Waals surface area contributed by atoms with E-state index in [0.29, 0.717) is 0 Å². The molecule has 0 aromatic heterocycles. The van der Waals surface area contributed by atoms with Gasteiger partial charge in [-0.3, -0.25) is 0 Å². The molecule has 0 spiro atoms. The molecule has 0 amide bonds. The van der Waals surface area contributed by atoms with Crippen LogP contribution in [0.4, 0.5) is 0 Å². The fourth-order valence-corrected chi connectivity index (χ4v) is 2.62. The highest BCUT2D eigenvalue weighted by molar-refractivity contribution is 5.28. The summed E-state index contributed by atoms with van der Waals surface area (Å²) in [6.07, 6.45) is 2.57. The fourth-order valence-electron chi connectivity index (χ4n) is 2.62. The molecule has 0 aliphatic heterocycles. The predicted molar refractivity (Wildman–Crippen MR) is 88.7 cm³/mol. The van der Waals surface area contributed by atoms with Crippen LogP contribution in [0.5, 0.6) is 5.75 Å². The maximum Gasteiger partial charge on any atom is 0.119 e. The van der Waals surface area contributed by atoms with Gasteiger partial charge in [-0.05, 0) is 56.0 Å². The third-order valence-electron chi connectivity index (χ3n) is 4.22. The number of rotatable bonds is 10. The molecule has 1 fully saturated rings. The van der Waals surface area contributed by atoms with Gasteiger partial charge in [-0.15, -0.1) is 0 Å². The summed E-state index contributed by atoms with van der Waals surface area (Å²) in [4.78, 5) is 2.39. The Morgan fingerprint density at radius 1 is 1.38 bits per heavy atom. The van der Waals surface area contributed by atoms with Crippen LogP contribution in [0.15, 0.2) is 24.3 Å². The highest BCUT2D eigenvalue weighted by Crippen LogP contribution is 2.37. The van der Waals surface area contributed by atoms with Gasteiger partial charge in [0.2, 0.25) is 0 Å². The standard InChI is InChI=1S/C18H30N2O/c1-4-8-19-13-16-6-5-7-18(12-16)21-10-9-20(3)14-17-11-15(17)2/h5-7,12,15,17,19H,4,8-11,13-14H2,1-3H3. The van der Waals surface area contributed by atoms with Crippen LogP contribution in [0, 0.1) is 11.8 Å².